The van der Waals surface area contributed by atoms with E-state index in [9.17, 15) is 8.42 Å². The van der Waals surface area contributed by atoms with Crippen molar-refractivity contribution in [3.8, 4) is 0 Å². The molecule has 1 aliphatic rings. The van der Waals surface area contributed by atoms with Gasteiger partial charge in [0.15, 0.2) is 11.1 Å². The Balaban J connectivity index is 2.58. The third kappa shape index (κ3) is 3.28. The molecule has 13 heavy (non-hydrogen) atoms. The zero-order valence-electron chi connectivity index (χ0n) is 6.83. The fraction of sp³-hybridized carbons (Fsp3) is 0.667. The first-order chi connectivity index (χ1) is 6.11. The standard InChI is InChI=1S/C6H11NO4S2/c8-12(9)5-3-6-2-1-4-7(6)13(10)11/h3,5-6H,1-2,4H2,(H,8,9)(H,10,11). The Hall–Kier alpha value is -0.0800. The van der Waals surface area contributed by atoms with E-state index in [2.05, 4.69) is 0 Å². The molecule has 0 aromatic heterocycles. The molecule has 0 aromatic rings. The molecule has 7 heteroatoms. The molecule has 1 heterocycles. The Kier molecular flexibility index (Phi) is 4.20. The van der Waals surface area contributed by atoms with E-state index in [0.29, 0.717) is 6.54 Å². The SMILES string of the molecule is O=S(O)C=CC1CCCN1S(=O)O. The van der Waals surface area contributed by atoms with Crippen molar-refractivity contribution in [3.05, 3.63) is 11.5 Å². The van der Waals surface area contributed by atoms with Gasteiger partial charge in [-0.2, -0.15) is 4.31 Å². The van der Waals surface area contributed by atoms with Crippen molar-refractivity contribution >= 4 is 22.3 Å². The van der Waals surface area contributed by atoms with Crippen LogP contribution in [0.1, 0.15) is 12.8 Å². The number of hydrogen-bond donors (Lipinski definition) is 2. The van der Waals surface area contributed by atoms with E-state index in [1.807, 2.05) is 0 Å². The van der Waals surface area contributed by atoms with Crippen LogP contribution in [0.15, 0.2) is 11.5 Å². The van der Waals surface area contributed by atoms with Gasteiger partial charge in [0.2, 0.25) is 11.3 Å². The van der Waals surface area contributed by atoms with E-state index in [1.54, 1.807) is 0 Å². The van der Waals surface area contributed by atoms with Gasteiger partial charge in [0.25, 0.3) is 0 Å². The second kappa shape index (κ2) is 4.97. The summed E-state index contributed by atoms with van der Waals surface area (Å²) in [6.45, 7) is 0.552. The predicted molar refractivity (Wildman–Crippen MR) is 50.4 cm³/mol. The van der Waals surface area contributed by atoms with Crippen LogP contribution in [0.25, 0.3) is 0 Å². The van der Waals surface area contributed by atoms with Crippen LogP contribution in [-0.2, 0) is 22.3 Å². The van der Waals surface area contributed by atoms with E-state index in [0.717, 1.165) is 18.2 Å². The summed E-state index contributed by atoms with van der Waals surface area (Å²) in [4.78, 5) is 0. The molecule has 2 N–H and O–H groups in total. The van der Waals surface area contributed by atoms with Crippen molar-refractivity contribution in [2.45, 2.75) is 18.9 Å². The van der Waals surface area contributed by atoms with Crippen molar-refractivity contribution in [3.63, 3.8) is 0 Å². The van der Waals surface area contributed by atoms with Gasteiger partial charge in [-0.05, 0) is 12.8 Å². The quantitative estimate of drug-likeness (QED) is 0.678. The summed E-state index contributed by atoms with van der Waals surface area (Å²) in [5, 5.41) is 1.12. The zero-order valence-corrected chi connectivity index (χ0v) is 8.46. The highest BCUT2D eigenvalue weighted by atomic mass is 32.2. The van der Waals surface area contributed by atoms with Gasteiger partial charge < -0.3 is 4.55 Å². The monoisotopic (exact) mass is 225 g/mol. The van der Waals surface area contributed by atoms with Gasteiger partial charge in [-0.1, -0.05) is 6.08 Å². The molecule has 3 atom stereocenters. The van der Waals surface area contributed by atoms with Gasteiger partial charge in [-0.15, -0.1) is 0 Å². The minimum absolute atomic E-state index is 0.193. The number of hydrogen-bond acceptors (Lipinski definition) is 2. The molecule has 0 saturated carbocycles. The van der Waals surface area contributed by atoms with Crippen molar-refractivity contribution in [1.82, 2.24) is 4.31 Å². The summed E-state index contributed by atoms with van der Waals surface area (Å²) in [6.07, 6.45) is 3.08. The molecule has 3 unspecified atom stereocenters. The lowest BCUT2D eigenvalue weighted by Crippen LogP contribution is -2.29. The first-order valence-corrected chi connectivity index (χ1v) is 6.00. The largest absolute Gasteiger partial charge is 0.303 e. The van der Waals surface area contributed by atoms with E-state index in [-0.39, 0.29) is 6.04 Å². The van der Waals surface area contributed by atoms with E-state index < -0.39 is 22.3 Å². The van der Waals surface area contributed by atoms with Gasteiger partial charge in [0.1, 0.15) is 0 Å². The molecule has 0 amide bonds. The molecule has 76 valence electrons. The summed E-state index contributed by atoms with van der Waals surface area (Å²) < 4.78 is 39.7. The zero-order chi connectivity index (χ0) is 9.84. The van der Waals surface area contributed by atoms with Crippen LogP contribution in [-0.4, -0.2) is 34.4 Å². The van der Waals surface area contributed by atoms with Crippen LogP contribution in [0.3, 0.4) is 0 Å². The van der Waals surface area contributed by atoms with Crippen LogP contribution in [0, 0.1) is 0 Å². The van der Waals surface area contributed by atoms with Crippen LogP contribution in [0.5, 0.6) is 0 Å². The fourth-order valence-electron chi connectivity index (χ4n) is 1.31. The number of nitrogens with zero attached hydrogens (tertiary/aromatic N) is 1. The molecule has 1 rings (SSSR count). The van der Waals surface area contributed by atoms with Gasteiger partial charge in [-0.3, -0.25) is 4.55 Å². The third-order valence-electron chi connectivity index (χ3n) is 1.87. The van der Waals surface area contributed by atoms with Crippen molar-refractivity contribution in [2.24, 2.45) is 0 Å². The van der Waals surface area contributed by atoms with Crippen LogP contribution >= 0.6 is 0 Å². The predicted octanol–water partition coefficient (Wildman–Crippen LogP) is 0.323. The Morgan fingerprint density at radius 3 is 2.62 bits per heavy atom. The van der Waals surface area contributed by atoms with Crippen molar-refractivity contribution < 1.29 is 17.5 Å². The third-order valence-corrected chi connectivity index (χ3v) is 3.11. The Morgan fingerprint density at radius 1 is 1.38 bits per heavy atom. The average Bonchev–Trinajstić information content (AvgIpc) is 2.47. The highest BCUT2D eigenvalue weighted by Crippen LogP contribution is 2.19. The van der Waals surface area contributed by atoms with Gasteiger partial charge in [0, 0.05) is 18.0 Å². The van der Waals surface area contributed by atoms with Crippen LogP contribution in [0.2, 0.25) is 0 Å². The molecule has 0 aromatic carbocycles. The molecular weight excluding hydrogens is 214 g/mol. The summed E-state index contributed by atoms with van der Waals surface area (Å²) in [5.41, 5.74) is 0. The molecule has 5 nitrogen and oxygen atoms in total. The lowest BCUT2D eigenvalue weighted by atomic mass is 10.2. The molecule has 1 fully saturated rings. The lowest BCUT2D eigenvalue weighted by molar-refractivity contribution is 0.415. The molecule has 0 bridgehead atoms. The second-order valence-corrected chi connectivity index (χ2v) is 4.44. The summed E-state index contributed by atoms with van der Waals surface area (Å²) >= 11 is -3.96. The first-order valence-electron chi connectivity index (χ1n) is 3.77. The summed E-state index contributed by atoms with van der Waals surface area (Å²) in [5.74, 6) is 0. The fourth-order valence-corrected chi connectivity index (χ4v) is 2.32. The molecule has 0 aliphatic carbocycles. The van der Waals surface area contributed by atoms with Crippen molar-refractivity contribution in [1.29, 1.82) is 0 Å². The highest BCUT2D eigenvalue weighted by Gasteiger charge is 2.26. The lowest BCUT2D eigenvalue weighted by Gasteiger charge is -2.15. The van der Waals surface area contributed by atoms with Crippen LogP contribution in [0.4, 0.5) is 0 Å². The first kappa shape index (κ1) is 11.0. The van der Waals surface area contributed by atoms with Crippen LogP contribution < -0.4 is 0 Å². The Morgan fingerprint density at radius 2 is 2.08 bits per heavy atom. The molecule has 1 aliphatic heterocycles. The van der Waals surface area contributed by atoms with Gasteiger partial charge in [-0.25, -0.2) is 8.42 Å². The summed E-state index contributed by atoms with van der Waals surface area (Å²) in [6, 6.07) is -0.193. The maximum Gasteiger partial charge on any atom is 0.235 e. The normalized spacial score (nSPS) is 29.5. The number of rotatable bonds is 3. The molecule has 1 saturated heterocycles. The minimum Gasteiger partial charge on any atom is -0.303 e. The van der Waals surface area contributed by atoms with Gasteiger partial charge in [0.05, 0.1) is 0 Å². The van der Waals surface area contributed by atoms with Gasteiger partial charge >= 0.3 is 0 Å². The Labute approximate surface area is 81.5 Å². The topological polar surface area (TPSA) is 77.8 Å². The van der Waals surface area contributed by atoms with E-state index >= 15 is 0 Å². The molecular formula is C6H11NO4S2. The average molecular weight is 225 g/mol. The molecule has 0 spiro atoms. The van der Waals surface area contributed by atoms with E-state index in [4.69, 9.17) is 9.11 Å². The second-order valence-electron chi connectivity index (χ2n) is 2.69. The minimum atomic E-state index is -1.98. The smallest absolute Gasteiger partial charge is 0.235 e. The maximum absolute atomic E-state index is 10.7. The maximum atomic E-state index is 10.7. The van der Waals surface area contributed by atoms with Crippen molar-refractivity contribution in [2.75, 3.05) is 6.54 Å². The Bertz CT molecular complexity index is 255. The molecule has 0 radical (unpaired) electrons. The van der Waals surface area contributed by atoms with E-state index in [1.165, 1.54) is 10.4 Å². The highest BCUT2D eigenvalue weighted by molar-refractivity contribution is 7.82. The summed E-state index contributed by atoms with van der Waals surface area (Å²) in [7, 11) is 0.